The van der Waals surface area contributed by atoms with Crippen molar-refractivity contribution in [2.45, 2.75) is 38.1 Å². The fourth-order valence-electron chi connectivity index (χ4n) is 2.53. The van der Waals surface area contributed by atoms with Gasteiger partial charge in [0.05, 0.1) is 0 Å². The third-order valence-corrected chi connectivity index (χ3v) is 4.46. The van der Waals surface area contributed by atoms with Gasteiger partial charge in [0.15, 0.2) is 0 Å². The maximum atomic E-state index is 4.60. The molecule has 17 heavy (non-hydrogen) atoms. The molecule has 0 aromatic carbocycles. The average molecular weight is 252 g/mol. The smallest absolute Gasteiger partial charge is 0.202 e. The molecule has 1 aromatic rings. The van der Waals surface area contributed by atoms with Crippen LogP contribution >= 0.6 is 11.5 Å². The van der Waals surface area contributed by atoms with Crippen LogP contribution in [0.15, 0.2) is 0 Å². The van der Waals surface area contributed by atoms with E-state index in [0.29, 0.717) is 17.9 Å². The molecule has 2 aliphatic rings. The maximum Gasteiger partial charge on any atom is 0.202 e. The molecule has 0 spiro atoms. The first-order chi connectivity index (χ1) is 8.22. The molecule has 0 amide bonds. The number of aromatic nitrogens is 2. The van der Waals surface area contributed by atoms with Crippen LogP contribution in [-0.4, -0.2) is 40.4 Å². The highest BCUT2D eigenvalue weighted by Gasteiger charge is 2.29. The van der Waals surface area contributed by atoms with Gasteiger partial charge in [-0.25, -0.2) is 4.98 Å². The molecule has 0 bridgehead atoms. The van der Waals surface area contributed by atoms with Gasteiger partial charge in [-0.1, -0.05) is 6.92 Å². The summed E-state index contributed by atoms with van der Waals surface area (Å²) in [6, 6.07) is 0.561. The van der Waals surface area contributed by atoms with Gasteiger partial charge in [-0.15, -0.1) is 0 Å². The van der Waals surface area contributed by atoms with E-state index in [0.717, 1.165) is 11.0 Å². The molecule has 1 N–H and O–H groups in total. The van der Waals surface area contributed by atoms with E-state index in [9.17, 15) is 0 Å². The lowest BCUT2D eigenvalue weighted by Crippen LogP contribution is -2.43. The first kappa shape index (κ1) is 11.4. The standard InChI is InChI=1S/C12H20N4S/c1-8-7-16(2)6-5-10(8)13-12-14-11(15-17-12)9-3-4-9/h8-10H,3-7H2,1-2H3,(H,13,14,15). The zero-order valence-corrected chi connectivity index (χ0v) is 11.3. The van der Waals surface area contributed by atoms with Gasteiger partial charge in [0.2, 0.25) is 5.13 Å². The fraction of sp³-hybridized carbons (Fsp3) is 0.833. The summed E-state index contributed by atoms with van der Waals surface area (Å²) in [6.07, 6.45) is 3.76. The normalized spacial score (nSPS) is 30.5. The number of rotatable bonds is 3. The Hall–Kier alpha value is -0.680. The van der Waals surface area contributed by atoms with Crippen LogP contribution in [0, 0.1) is 5.92 Å². The molecule has 4 nitrogen and oxygen atoms in total. The minimum absolute atomic E-state index is 0.561. The number of likely N-dealkylation sites (tertiary alicyclic amines) is 1. The molecular weight excluding hydrogens is 232 g/mol. The summed E-state index contributed by atoms with van der Waals surface area (Å²) in [6.45, 7) is 4.67. The highest BCUT2D eigenvalue weighted by molar-refractivity contribution is 7.09. The lowest BCUT2D eigenvalue weighted by Gasteiger charge is -2.34. The quantitative estimate of drug-likeness (QED) is 0.895. The first-order valence-electron chi connectivity index (χ1n) is 6.51. The van der Waals surface area contributed by atoms with Gasteiger partial charge in [0.25, 0.3) is 0 Å². The number of piperidine rings is 1. The van der Waals surface area contributed by atoms with Crippen LogP contribution in [0.5, 0.6) is 0 Å². The lowest BCUT2D eigenvalue weighted by atomic mass is 9.94. The molecule has 1 aliphatic carbocycles. The van der Waals surface area contributed by atoms with Crippen molar-refractivity contribution in [3.05, 3.63) is 5.82 Å². The summed E-state index contributed by atoms with van der Waals surface area (Å²) < 4.78 is 4.44. The van der Waals surface area contributed by atoms with Gasteiger partial charge < -0.3 is 10.2 Å². The van der Waals surface area contributed by atoms with Gasteiger partial charge in [-0.3, -0.25) is 0 Å². The van der Waals surface area contributed by atoms with Gasteiger partial charge in [0.1, 0.15) is 5.82 Å². The van der Waals surface area contributed by atoms with Gasteiger partial charge in [-0.2, -0.15) is 4.37 Å². The molecule has 2 atom stereocenters. The van der Waals surface area contributed by atoms with Crippen molar-refractivity contribution in [3.8, 4) is 0 Å². The summed E-state index contributed by atoms with van der Waals surface area (Å²) in [5, 5.41) is 4.59. The molecule has 2 fully saturated rings. The Morgan fingerprint density at radius 2 is 2.18 bits per heavy atom. The molecule has 2 heterocycles. The fourth-order valence-corrected chi connectivity index (χ4v) is 3.24. The largest absolute Gasteiger partial charge is 0.357 e. The summed E-state index contributed by atoms with van der Waals surface area (Å²) >= 11 is 1.53. The van der Waals surface area contributed by atoms with Gasteiger partial charge in [-0.05, 0) is 38.8 Å². The third kappa shape index (κ3) is 2.60. The van der Waals surface area contributed by atoms with Crippen LogP contribution in [0.4, 0.5) is 5.13 Å². The second-order valence-electron chi connectivity index (χ2n) is 5.51. The Bertz CT molecular complexity index is 388. The predicted octanol–water partition coefficient (Wildman–Crippen LogP) is 2.17. The van der Waals surface area contributed by atoms with E-state index in [2.05, 4.69) is 33.5 Å². The van der Waals surface area contributed by atoms with E-state index >= 15 is 0 Å². The minimum Gasteiger partial charge on any atom is -0.357 e. The van der Waals surface area contributed by atoms with Crippen LogP contribution in [-0.2, 0) is 0 Å². The molecule has 5 heteroatoms. The molecular formula is C12H20N4S. The van der Waals surface area contributed by atoms with Crippen molar-refractivity contribution in [1.29, 1.82) is 0 Å². The second-order valence-corrected chi connectivity index (χ2v) is 6.26. The van der Waals surface area contributed by atoms with E-state index in [1.807, 2.05) is 0 Å². The molecule has 1 saturated heterocycles. The first-order valence-corrected chi connectivity index (χ1v) is 7.28. The summed E-state index contributed by atoms with van der Waals surface area (Å²) in [7, 11) is 2.20. The Kier molecular flexibility index (Phi) is 3.04. The lowest BCUT2D eigenvalue weighted by molar-refractivity contribution is 0.206. The van der Waals surface area contributed by atoms with Crippen LogP contribution < -0.4 is 5.32 Å². The van der Waals surface area contributed by atoms with E-state index in [1.54, 1.807) is 0 Å². The van der Waals surface area contributed by atoms with Gasteiger partial charge in [0, 0.05) is 30.0 Å². The number of nitrogens with zero attached hydrogens (tertiary/aromatic N) is 3. The van der Waals surface area contributed by atoms with Crippen molar-refractivity contribution >= 4 is 16.7 Å². The zero-order chi connectivity index (χ0) is 11.8. The number of nitrogens with one attached hydrogen (secondary N) is 1. The topological polar surface area (TPSA) is 41.0 Å². The van der Waals surface area contributed by atoms with Crippen LogP contribution in [0.2, 0.25) is 0 Å². The van der Waals surface area contributed by atoms with E-state index < -0.39 is 0 Å². The molecule has 1 aromatic heterocycles. The summed E-state index contributed by atoms with van der Waals surface area (Å²) in [4.78, 5) is 7.00. The Labute approximate surface area is 107 Å². The summed E-state index contributed by atoms with van der Waals surface area (Å²) in [5.74, 6) is 2.41. The van der Waals surface area contributed by atoms with Crippen molar-refractivity contribution in [3.63, 3.8) is 0 Å². The molecule has 0 radical (unpaired) electrons. The van der Waals surface area contributed by atoms with Crippen molar-refractivity contribution < 1.29 is 0 Å². The second kappa shape index (κ2) is 4.53. The van der Waals surface area contributed by atoms with Gasteiger partial charge >= 0.3 is 0 Å². The number of anilines is 1. The molecule has 1 aliphatic heterocycles. The monoisotopic (exact) mass is 252 g/mol. The molecule has 94 valence electrons. The molecule has 2 unspecified atom stereocenters. The Balaban J connectivity index is 1.61. The van der Waals surface area contributed by atoms with E-state index in [4.69, 9.17) is 0 Å². The van der Waals surface area contributed by atoms with Crippen LogP contribution in [0.1, 0.15) is 37.9 Å². The van der Waals surface area contributed by atoms with Crippen LogP contribution in [0.25, 0.3) is 0 Å². The van der Waals surface area contributed by atoms with E-state index in [1.165, 1.54) is 43.9 Å². The summed E-state index contributed by atoms with van der Waals surface area (Å²) in [5.41, 5.74) is 0. The number of hydrogen-bond acceptors (Lipinski definition) is 5. The Morgan fingerprint density at radius 3 is 2.88 bits per heavy atom. The van der Waals surface area contributed by atoms with Crippen molar-refractivity contribution in [2.75, 3.05) is 25.5 Å². The maximum absolute atomic E-state index is 4.60. The average Bonchev–Trinajstić information content (AvgIpc) is 3.04. The molecule has 3 rings (SSSR count). The van der Waals surface area contributed by atoms with E-state index in [-0.39, 0.29) is 0 Å². The molecule has 1 saturated carbocycles. The number of hydrogen-bond donors (Lipinski definition) is 1. The van der Waals surface area contributed by atoms with Crippen molar-refractivity contribution in [2.24, 2.45) is 5.92 Å². The predicted molar refractivity (Wildman–Crippen MR) is 70.6 cm³/mol. The third-order valence-electron chi connectivity index (χ3n) is 3.80. The highest BCUT2D eigenvalue weighted by Crippen LogP contribution is 2.39. The minimum atomic E-state index is 0.561. The zero-order valence-electron chi connectivity index (χ0n) is 10.5. The van der Waals surface area contributed by atoms with Crippen LogP contribution in [0.3, 0.4) is 0 Å². The SMILES string of the molecule is CC1CN(C)CCC1Nc1nc(C2CC2)ns1. The van der Waals surface area contributed by atoms with Crippen molar-refractivity contribution in [1.82, 2.24) is 14.3 Å². The Morgan fingerprint density at radius 1 is 1.35 bits per heavy atom. The highest BCUT2D eigenvalue weighted by atomic mass is 32.1.